The maximum absolute atomic E-state index is 12.7. The second-order valence-electron chi connectivity index (χ2n) is 7.15. The van der Waals surface area contributed by atoms with Gasteiger partial charge in [-0.2, -0.15) is 0 Å². The molecular weight excluding hydrogens is 232 g/mol. The van der Waals surface area contributed by atoms with Gasteiger partial charge in [0.25, 0.3) is 0 Å². The first-order valence-electron chi connectivity index (χ1n) is 7.32. The number of fused-ring (bicyclic) bond motifs is 1. The summed E-state index contributed by atoms with van der Waals surface area (Å²) in [6.07, 6.45) is 5.51. The molecule has 1 aromatic carbocycles. The molecule has 0 heterocycles. The van der Waals surface area contributed by atoms with E-state index in [-0.39, 0.29) is 10.8 Å². The van der Waals surface area contributed by atoms with Crippen LogP contribution >= 0.6 is 0 Å². The lowest BCUT2D eigenvalue weighted by Gasteiger charge is -2.36. The van der Waals surface area contributed by atoms with E-state index < -0.39 is 0 Å². The summed E-state index contributed by atoms with van der Waals surface area (Å²) in [7, 11) is 0. The molecule has 0 aromatic heterocycles. The van der Waals surface area contributed by atoms with E-state index in [0.29, 0.717) is 11.7 Å². The molecule has 0 radical (unpaired) electrons. The number of ketones is 1. The predicted octanol–water partition coefficient (Wildman–Crippen LogP) is 3.94. The van der Waals surface area contributed by atoms with Gasteiger partial charge in [0, 0.05) is 5.41 Å². The number of hydrogen-bond donors (Lipinski definition) is 0. The Kier molecular flexibility index (Phi) is 1.93. The molecule has 0 amide bonds. The first-order chi connectivity index (χ1) is 8.96. The molecule has 2 fully saturated rings. The molecule has 3 unspecified atom stereocenters. The topological polar surface area (TPSA) is 17.1 Å². The van der Waals surface area contributed by atoms with Gasteiger partial charge in [-0.25, -0.2) is 0 Å². The predicted molar refractivity (Wildman–Crippen MR) is 76.8 cm³/mol. The number of rotatable bonds is 0. The number of allylic oxidation sites excluding steroid dienone is 1. The number of hydrogen-bond acceptors (Lipinski definition) is 1. The largest absolute Gasteiger partial charge is 0.294 e. The van der Waals surface area contributed by atoms with Crippen LogP contribution in [0.25, 0.3) is 6.08 Å². The maximum Gasteiger partial charge on any atom is 0.165 e. The smallest absolute Gasteiger partial charge is 0.165 e. The quantitative estimate of drug-likeness (QED) is 0.683. The minimum atomic E-state index is -0.120. The monoisotopic (exact) mass is 252 g/mol. The minimum absolute atomic E-state index is 0.120. The molecule has 1 heteroatoms. The van der Waals surface area contributed by atoms with Crippen LogP contribution in [0.15, 0.2) is 23.8 Å². The van der Waals surface area contributed by atoms with Crippen LogP contribution < -0.4 is 0 Å². The van der Waals surface area contributed by atoms with Gasteiger partial charge in [-0.15, -0.1) is 0 Å². The first kappa shape index (κ1) is 11.5. The molecule has 98 valence electrons. The van der Waals surface area contributed by atoms with Crippen molar-refractivity contribution in [3.8, 4) is 0 Å². The molecule has 0 N–H and O–H groups in total. The summed E-state index contributed by atoms with van der Waals surface area (Å²) in [5, 5.41) is 0. The van der Waals surface area contributed by atoms with Crippen molar-refractivity contribution in [3.63, 3.8) is 0 Å². The summed E-state index contributed by atoms with van der Waals surface area (Å²) in [6, 6.07) is 6.65. The minimum Gasteiger partial charge on any atom is -0.294 e. The van der Waals surface area contributed by atoms with Crippen LogP contribution in [0.5, 0.6) is 0 Å². The Morgan fingerprint density at radius 2 is 2.05 bits per heavy atom. The van der Waals surface area contributed by atoms with Gasteiger partial charge in [-0.05, 0) is 60.3 Å². The fourth-order valence-electron chi connectivity index (χ4n) is 4.85. The normalized spacial score (nSPS) is 39.0. The Labute approximate surface area is 114 Å². The van der Waals surface area contributed by atoms with Crippen molar-refractivity contribution in [2.75, 3.05) is 0 Å². The van der Waals surface area contributed by atoms with Crippen LogP contribution in [-0.4, -0.2) is 5.78 Å². The Morgan fingerprint density at radius 1 is 1.26 bits per heavy atom. The van der Waals surface area contributed by atoms with Crippen molar-refractivity contribution in [2.45, 2.75) is 40.0 Å². The number of aryl methyl sites for hydroxylation is 1. The Morgan fingerprint density at radius 3 is 2.84 bits per heavy atom. The molecule has 0 spiro atoms. The Balaban J connectivity index is 2.00. The van der Waals surface area contributed by atoms with Crippen LogP contribution in [0, 0.1) is 23.7 Å². The molecule has 3 aliphatic rings. The zero-order valence-corrected chi connectivity index (χ0v) is 11.9. The van der Waals surface area contributed by atoms with Crippen molar-refractivity contribution in [1.29, 1.82) is 0 Å². The third kappa shape index (κ3) is 1.15. The molecule has 4 rings (SSSR count). The van der Waals surface area contributed by atoms with Crippen molar-refractivity contribution >= 4 is 11.9 Å². The van der Waals surface area contributed by atoms with Crippen LogP contribution in [0.3, 0.4) is 0 Å². The molecular formula is C18H20O. The molecule has 3 atom stereocenters. The zero-order chi connectivity index (χ0) is 13.4. The van der Waals surface area contributed by atoms with Crippen LogP contribution in [-0.2, 0) is 11.2 Å². The van der Waals surface area contributed by atoms with Gasteiger partial charge >= 0.3 is 0 Å². The van der Waals surface area contributed by atoms with Crippen molar-refractivity contribution in [2.24, 2.45) is 16.7 Å². The van der Waals surface area contributed by atoms with Gasteiger partial charge in [0.15, 0.2) is 5.78 Å². The van der Waals surface area contributed by atoms with E-state index in [0.717, 1.165) is 18.4 Å². The van der Waals surface area contributed by atoms with Crippen molar-refractivity contribution < 1.29 is 4.79 Å². The average Bonchev–Trinajstić information content (AvgIpc) is 2.61. The molecule has 0 saturated heterocycles. The van der Waals surface area contributed by atoms with Gasteiger partial charge in [0.2, 0.25) is 0 Å². The number of carbonyl (C=O) groups is 1. The fraction of sp³-hybridized carbons (Fsp3) is 0.500. The lowest BCUT2D eigenvalue weighted by Crippen LogP contribution is -2.37. The third-order valence-electron chi connectivity index (χ3n) is 6.27. The molecule has 0 aliphatic heterocycles. The summed E-state index contributed by atoms with van der Waals surface area (Å²) in [6.45, 7) is 6.71. The van der Waals surface area contributed by atoms with Crippen LogP contribution in [0.2, 0.25) is 0 Å². The summed E-state index contributed by atoms with van der Waals surface area (Å²) >= 11 is 0. The summed E-state index contributed by atoms with van der Waals surface area (Å²) < 4.78 is 0. The lowest BCUT2D eigenvalue weighted by molar-refractivity contribution is -0.125. The summed E-state index contributed by atoms with van der Waals surface area (Å²) in [5.41, 5.74) is 5.15. The van der Waals surface area contributed by atoms with Gasteiger partial charge in [-0.3, -0.25) is 4.79 Å². The number of benzene rings is 1. The van der Waals surface area contributed by atoms with Gasteiger partial charge < -0.3 is 0 Å². The molecule has 1 nitrogen and oxygen atoms in total. The fourth-order valence-corrected chi connectivity index (χ4v) is 4.85. The summed E-state index contributed by atoms with van der Waals surface area (Å²) in [4.78, 5) is 12.7. The summed E-state index contributed by atoms with van der Waals surface area (Å²) in [5.74, 6) is 0.912. The molecule has 1 aromatic rings. The highest BCUT2D eigenvalue weighted by atomic mass is 16.1. The van der Waals surface area contributed by atoms with E-state index in [1.807, 2.05) is 0 Å². The first-order valence-corrected chi connectivity index (χ1v) is 7.32. The van der Waals surface area contributed by atoms with E-state index in [2.05, 4.69) is 45.0 Å². The molecule has 19 heavy (non-hydrogen) atoms. The van der Waals surface area contributed by atoms with E-state index in [1.54, 1.807) is 0 Å². The second-order valence-corrected chi connectivity index (χ2v) is 7.15. The van der Waals surface area contributed by atoms with Crippen LogP contribution in [0.1, 0.15) is 43.4 Å². The second kappa shape index (κ2) is 3.20. The maximum atomic E-state index is 12.7. The highest BCUT2D eigenvalue weighted by molar-refractivity contribution is 6.08. The SMILES string of the molecule is Cc1ccc2c(c1)CC1(C)C3CCC1(C)C(=O)C3=C2. The van der Waals surface area contributed by atoms with Gasteiger partial charge in [0.1, 0.15) is 0 Å². The number of Topliss-reactive ketones (excluding diaryl/α,β-unsaturated/α-hetero) is 1. The number of carbonyl (C=O) groups excluding carboxylic acids is 1. The zero-order valence-electron chi connectivity index (χ0n) is 11.9. The molecule has 4 bridgehead atoms. The van der Waals surface area contributed by atoms with Gasteiger partial charge in [0.05, 0.1) is 0 Å². The molecule has 2 saturated carbocycles. The average molecular weight is 252 g/mol. The van der Waals surface area contributed by atoms with E-state index >= 15 is 0 Å². The van der Waals surface area contributed by atoms with E-state index in [9.17, 15) is 4.79 Å². The Bertz CT molecular complexity index is 639. The highest BCUT2D eigenvalue weighted by Gasteiger charge is 2.66. The molecule has 3 aliphatic carbocycles. The lowest BCUT2D eigenvalue weighted by atomic mass is 9.65. The highest BCUT2D eigenvalue weighted by Crippen LogP contribution is 2.68. The van der Waals surface area contributed by atoms with Gasteiger partial charge in [-0.1, -0.05) is 37.6 Å². The third-order valence-corrected chi connectivity index (χ3v) is 6.27. The van der Waals surface area contributed by atoms with Crippen molar-refractivity contribution in [3.05, 3.63) is 40.5 Å². The Hall–Kier alpha value is -1.37. The van der Waals surface area contributed by atoms with Crippen molar-refractivity contribution in [1.82, 2.24) is 0 Å². The van der Waals surface area contributed by atoms with Crippen LogP contribution in [0.4, 0.5) is 0 Å². The standard InChI is InChI=1S/C18H20O/c1-11-4-5-12-9-14-15-6-7-17(2,16(14)19)18(15,3)10-13(12)8-11/h4-5,8-9,15H,6-7,10H2,1-3H3. The van der Waals surface area contributed by atoms with E-state index in [1.165, 1.54) is 23.1 Å². The van der Waals surface area contributed by atoms with E-state index in [4.69, 9.17) is 0 Å².